The van der Waals surface area contributed by atoms with Gasteiger partial charge in [-0.2, -0.15) is 0 Å². The molecule has 1 atom stereocenters. The van der Waals surface area contributed by atoms with Gasteiger partial charge in [0.25, 0.3) is 0 Å². The third-order valence-electron chi connectivity index (χ3n) is 4.18. The summed E-state index contributed by atoms with van der Waals surface area (Å²) >= 11 is 0. The predicted octanol–water partition coefficient (Wildman–Crippen LogP) is 1.77. The Labute approximate surface area is 129 Å². The standard InChI is InChI=1S/C16H33N3O2/c1-14(2)6-4-5-9-18-15(17-3)19-12-16(7-10-20)8-11-21-13-16/h14,20H,4-13H2,1-3H3,(H2,17,18,19). The lowest BCUT2D eigenvalue weighted by atomic mass is 9.84. The largest absolute Gasteiger partial charge is 0.396 e. The number of guanidine groups is 1. The molecular weight excluding hydrogens is 266 g/mol. The zero-order valence-corrected chi connectivity index (χ0v) is 14.0. The fraction of sp³-hybridized carbons (Fsp3) is 0.938. The molecule has 1 saturated heterocycles. The van der Waals surface area contributed by atoms with Gasteiger partial charge in [-0.05, 0) is 25.2 Å². The van der Waals surface area contributed by atoms with Gasteiger partial charge in [-0.3, -0.25) is 4.99 Å². The van der Waals surface area contributed by atoms with Gasteiger partial charge in [0.2, 0.25) is 0 Å². The van der Waals surface area contributed by atoms with Crippen LogP contribution in [0.1, 0.15) is 46.0 Å². The molecule has 0 aromatic heterocycles. The van der Waals surface area contributed by atoms with Crippen molar-refractivity contribution in [3.63, 3.8) is 0 Å². The molecule has 5 nitrogen and oxygen atoms in total. The van der Waals surface area contributed by atoms with E-state index in [0.29, 0.717) is 0 Å². The molecule has 0 amide bonds. The maximum Gasteiger partial charge on any atom is 0.190 e. The summed E-state index contributed by atoms with van der Waals surface area (Å²) in [6.45, 7) is 8.02. The number of unbranched alkanes of at least 4 members (excludes halogenated alkanes) is 1. The van der Waals surface area contributed by atoms with E-state index in [9.17, 15) is 5.11 Å². The Morgan fingerprint density at radius 1 is 1.33 bits per heavy atom. The third kappa shape index (κ3) is 7.14. The average molecular weight is 299 g/mol. The van der Waals surface area contributed by atoms with Gasteiger partial charge >= 0.3 is 0 Å². The van der Waals surface area contributed by atoms with Gasteiger partial charge in [0, 0.05) is 38.8 Å². The Morgan fingerprint density at radius 2 is 2.14 bits per heavy atom. The molecule has 0 aromatic rings. The molecule has 1 aliphatic heterocycles. The van der Waals surface area contributed by atoms with E-state index < -0.39 is 0 Å². The summed E-state index contributed by atoms with van der Waals surface area (Å²) in [6.07, 6.45) is 5.50. The van der Waals surface area contributed by atoms with Crippen molar-refractivity contribution in [1.82, 2.24) is 10.6 Å². The second-order valence-electron chi connectivity index (χ2n) is 6.52. The molecule has 124 valence electrons. The zero-order chi connectivity index (χ0) is 15.6. The molecule has 0 spiro atoms. The summed E-state index contributed by atoms with van der Waals surface area (Å²) in [5, 5.41) is 16.0. The SMILES string of the molecule is CN=C(NCCCCC(C)C)NCC1(CCO)CCOC1. The summed E-state index contributed by atoms with van der Waals surface area (Å²) in [5.41, 5.74) is 0.0595. The molecule has 0 aliphatic carbocycles. The summed E-state index contributed by atoms with van der Waals surface area (Å²) in [6, 6.07) is 0. The number of nitrogens with one attached hydrogen (secondary N) is 2. The first-order valence-corrected chi connectivity index (χ1v) is 8.25. The number of ether oxygens (including phenoxy) is 1. The lowest BCUT2D eigenvalue weighted by molar-refractivity contribution is 0.127. The van der Waals surface area contributed by atoms with Gasteiger partial charge in [0.15, 0.2) is 5.96 Å². The molecule has 5 heteroatoms. The van der Waals surface area contributed by atoms with Crippen LogP contribution in [0.3, 0.4) is 0 Å². The van der Waals surface area contributed by atoms with Crippen molar-refractivity contribution in [2.24, 2.45) is 16.3 Å². The van der Waals surface area contributed by atoms with Gasteiger partial charge < -0.3 is 20.5 Å². The highest BCUT2D eigenvalue weighted by molar-refractivity contribution is 5.79. The molecule has 3 N–H and O–H groups in total. The summed E-state index contributed by atoms with van der Waals surface area (Å²) < 4.78 is 5.50. The summed E-state index contributed by atoms with van der Waals surface area (Å²) in [5.74, 6) is 1.63. The molecular formula is C16H33N3O2. The van der Waals surface area contributed by atoms with Gasteiger partial charge in [-0.25, -0.2) is 0 Å². The molecule has 1 unspecified atom stereocenters. The number of hydrogen-bond acceptors (Lipinski definition) is 3. The van der Waals surface area contributed by atoms with Crippen molar-refractivity contribution in [2.45, 2.75) is 46.0 Å². The van der Waals surface area contributed by atoms with E-state index in [0.717, 1.165) is 51.0 Å². The van der Waals surface area contributed by atoms with Gasteiger partial charge in [-0.1, -0.05) is 26.7 Å². The van der Waals surface area contributed by atoms with Gasteiger partial charge in [-0.15, -0.1) is 0 Å². The molecule has 1 rings (SSSR count). The summed E-state index contributed by atoms with van der Waals surface area (Å²) in [4.78, 5) is 4.26. The number of nitrogens with zero attached hydrogens (tertiary/aromatic N) is 1. The minimum atomic E-state index is 0.0595. The minimum absolute atomic E-state index is 0.0595. The Bertz CT molecular complexity index is 300. The first kappa shape index (κ1) is 18.2. The summed E-state index contributed by atoms with van der Waals surface area (Å²) in [7, 11) is 1.80. The van der Waals surface area contributed by atoms with Crippen LogP contribution < -0.4 is 10.6 Å². The highest BCUT2D eigenvalue weighted by atomic mass is 16.5. The van der Waals surface area contributed by atoms with Crippen molar-refractivity contribution in [2.75, 3.05) is 40.0 Å². The van der Waals surface area contributed by atoms with E-state index in [-0.39, 0.29) is 12.0 Å². The van der Waals surface area contributed by atoms with Crippen molar-refractivity contribution in [3.8, 4) is 0 Å². The molecule has 0 saturated carbocycles. The van der Waals surface area contributed by atoms with E-state index in [1.54, 1.807) is 7.05 Å². The second kappa shape index (κ2) is 10.0. The van der Waals surface area contributed by atoms with Crippen molar-refractivity contribution in [1.29, 1.82) is 0 Å². The molecule has 21 heavy (non-hydrogen) atoms. The average Bonchev–Trinajstić information content (AvgIpc) is 2.91. The molecule has 0 aromatic carbocycles. The highest BCUT2D eigenvalue weighted by Crippen LogP contribution is 2.31. The maximum absolute atomic E-state index is 9.23. The van der Waals surface area contributed by atoms with Crippen LogP contribution in [0, 0.1) is 11.3 Å². The number of aliphatic imine (C=N–C) groups is 1. The first-order chi connectivity index (χ1) is 10.1. The third-order valence-corrected chi connectivity index (χ3v) is 4.18. The lowest BCUT2D eigenvalue weighted by Crippen LogP contribution is -2.44. The quantitative estimate of drug-likeness (QED) is 0.345. The van der Waals surface area contributed by atoms with Crippen LogP contribution in [0.5, 0.6) is 0 Å². The monoisotopic (exact) mass is 299 g/mol. The molecule has 1 fully saturated rings. The van der Waals surface area contributed by atoms with Gasteiger partial charge in [0.1, 0.15) is 0 Å². The number of rotatable bonds is 9. The Balaban J connectivity index is 2.24. The van der Waals surface area contributed by atoms with Crippen LogP contribution in [0.4, 0.5) is 0 Å². The Kier molecular flexibility index (Phi) is 8.69. The number of hydrogen-bond donors (Lipinski definition) is 3. The van der Waals surface area contributed by atoms with Crippen molar-refractivity contribution < 1.29 is 9.84 Å². The van der Waals surface area contributed by atoms with E-state index in [1.165, 1.54) is 19.3 Å². The van der Waals surface area contributed by atoms with Crippen molar-refractivity contribution >= 4 is 5.96 Å². The second-order valence-corrected chi connectivity index (χ2v) is 6.52. The molecule has 0 radical (unpaired) electrons. The molecule has 1 aliphatic rings. The first-order valence-electron chi connectivity index (χ1n) is 8.25. The highest BCUT2D eigenvalue weighted by Gasteiger charge is 2.34. The predicted molar refractivity (Wildman–Crippen MR) is 87.6 cm³/mol. The minimum Gasteiger partial charge on any atom is -0.396 e. The van der Waals surface area contributed by atoms with Crippen LogP contribution in [0.15, 0.2) is 4.99 Å². The number of aliphatic hydroxyl groups is 1. The normalized spacial score (nSPS) is 22.8. The van der Waals surface area contributed by atoms with Crippen LogP contribution >= 0.6 is 0 Å². The fourth-order valence-electron chi connectivity index (χ4n) is 2.69. The van der Waals surface area contributed by atoms with E-state index in [2.05, 4.69) is 29.5 Å². The van der Waals surface area contributed by atoms with Gasteiger partial charge in [0.05, 0.1) is 6.61 Å². The van der Waals surface area contributed by atoms with E-state index in [4.69, 9.17) is 4.74 Å². The van der Waals surface area contributed by atoms with E-state index in [1.807, 2.05) is 0 Å². The Morgan fingerprint density at radius 3 is 2.71 bits per heavy atom. The van der Waals surface area contributed by atoms with E-state index >= 15 is 0 Å². The van der Waals surface area contributed by atoms with Crippen LogP contribution in [0.25, 0.3) is 0 Å². The van der Waals surface area contributed by atoms with Crippen LogP contribution in [-0.2, 0) is 4.74 Å². The lowest BCUT2D eigenvalue weighted by Gasteiger charge is -2.27. The Hall–Kier alpha value is -0.810. The maximum atomic E-state index is 9.23. The smallest absolute Gasteiger partial charge is 0.190 e. The fourth-order valence-corrected chi connectivity index (χ4v) is 2.69. The molecule has 1 heterocycles. The van der Waals surface area contributed by atoms with Crippen LogP contribution in [-0.4, -0.2) is 51.0 Å². The van der Waals surface area contributed by atoms with Crippen molar-refractivity contribution in [3.05, 3.63) is 0 Å². The zero-order valence-electron chi connectivity index (χ0n) is 14.0. The number of aliphatic hydroxyl groups excluding tert-OH is 1. The molecule has 0 bridgehead atoms. The topological polar surface area (TPSA) is 65.9 Å². The van der Waals surface area contributed by atoms with Crippen LogP contribution in [0.2, 0.25) is 0 Å².